The second kappa shape index (κ2) is 8.08. The number of thiazole rings is 2. The number of aryl methyl sites for hydroxylation is 1. The van der Waals surface area contributed by atoms with Gasteiger partial charge in [0.05, 0.1) is 27.6 Å². The molecule has 3 rings (SSSR count). The van der Waals surface area contributed by atoms with Gasteiger partial charge in [0.1, 0.15) is 22.4 Å². The van der Waals surface area contributed by atoms with E-state index in [-0.39, 0.29) is 17.8 Å². The molecule has 0 saturated heterocycles. The first-order chi connectivity index (χ1) is 12.9. The molecule has 0 aliphatic heterocycles. The van der Waals surface area contributed by atoms with Crippen LogP contribution in [-0.2, 0) is 11.2 Å². The van der Waals surface area contributed by atoms with Crippen molar-refractivity contribution in [2.24, 2.45) is 5.73 Å². The predicted octanol–water partition coefficient (Wildman–Crippen LogP) is 4.06. The number of amides is 1. The van der Waals surface area contributed by atoms with Gasteiger partial charge in [-0.1, -0.05) is 23.9 Å². The van der Waals surface area contributed by atoms with Crippen LogP contribution in [0.5, 0.6) is 0 Å². The maximum atomic E-state index is 11.1. The van der Waals surface area contributed by atoms with Crippen LogP contribution in [0.25, 0.3) is 15.8 Å². The van der Waals surface area contributed by atoms with Crippen LogP contribution in [0.2, 0.25) is 0 Å². The van der Waals surface area contributed by atoms with E-state index in [1.54, 1.807) is 6.92 Å². The molecule has 1 atom stereocenters. The number of hydrogen-bond donors (Lipinski definition) is 2. The zero-order valence-electron chi connectivity index (χ0n) is 14.6. The number of benzene rings is 1. The highest BCUT2D eigenvalue weighted by molar-refractivity contribution is 8.01. The lowest BCUT2D eigenvalue weighted by atomic mass is 10.2. The molecule has 27 heavy (non-hydrogen) atoms. The predicted molar refractivity (Wildman–Crippen MR) is 110 cm³/mol. The van der Waals surface area contributed by atoms with Crippen molar-refractivity contribution in [3.63, 3.8) is 0 Å². The van der Waals surface area contributed by atoms with Crippen molar-refractivity contribution in [3.8, 4) is 6.07 Å². The zero-order chi connectivity index (χ0) is 19.6. The zero-order valence-corrected chi connectivity index (χ0v) is 17.0. The van der Waals surface area contributed by atoms with E-state index in [4.69, 9.17) is 5.73 Å². The molecule has 1 aromatic carbocycles. The quantitative estimate of drug-likeness (QED) is 0.356. The Morgan fingerprint density at radius 1 is 1.37 bits per heavy atom. The number of aliphatic hydroxyl groups excluding tert-OH is 1. The van der Waals surface area contributed by atoms with Crippen LogP contribution in [0.1, 0.15) is 22.5 Å². The number of thioether (sulfide) groups is 1. The van der Waals surface area contributed by atoms with Crippen molar-refractivity contribution >= 4 is 56.1 Å². The first kappa shape index (κ1) is 19.4. The Bertz CT molecular complexity index is 1040. The number of fused-ring (bicyclic) bond motifs is 1. The fourth-order valence-corrected chi connectivity index (χ4v) is 5.80. The number of nitrogens with zero attached hydrogens (tertiary/aromatic N) is 3. The topological polar surface area (TPSA) is 113 Å². The number of aliphatic hydroxyl groups is 1. The molecule has 2 heterocycles. The standard InChI is InChI=1S/C18H16N4O2S3/c1-9-14(7-15(20)23)27-18(21-9)25-10(2)16(24)11(8-19)17-22-12-5-3-4-6-13(12)26-17/h3-6,10,24H,7H2,1-2H3,(H2,20,23)/b16-11-. The van der Waals surface area contributed by atoms with Crippen LogP contribution >= 0.6 is 34.4 Å². The van der Waals surface area contributed by atoms with E-state index < -0.39 is 11.2 Å². The summed E-state index contributed by atoms with van der Waals surface area (Å²) in [5.41, 5.74) is 6.97. The van der Waals surface area contributed by atoms with Crippen LogP contribution in [0.3, 0.4) is 0 Å². The SMILES string of the molecule is Cc1nc(SC(C)/C(O)=C(\C#N)c2nc3ccccc3s2)sc1CC(N)=O. The highest BCUT2D eigenvalue weighted by Gasteiger charge is 2.21. The second-order valence-electron chi connectivity index (χ2n) is 5.75. The summed E-state index contributed by atoms with van der Waals surface area (Å²) in [6.45, 7) is 3.62. The van der Waals surface area contributed by atoms with E-state index in [2.05, 4.69) is 16.0 Å². The van der Waals surface area contributed by atoms with E-state index in [1.165, 1.54) is 34.4 Å². The third-order valence-electron chi connectivity index (χ3n) is 3.75. The van der Waals surface area contributed by atoms with Gasteiger partial charge in [0.2, 0.25) is 5.91 Å². The van der Waals surface area contributed by atoms with Gasteiger partial charge in [-0.25, -0.2) is 9.97 Å². The molecule has 138 valence electrons. The molecule has 0 radical (unpaired) electrons. The molecule has 0 fully saturated rings. The van der Waals surface area contributed by atoms with Crippen LogP contribution in [0.15, 0.2) is 34.4 Å². The fraction of sp³-hybridized carbons (Fsp3) is 0.222. The Hall–Kier alpha value is -2.41. The van der Waals surface area contributed by atoms with E-state index in [1.807, 2.05) is 31.2 Å². The average Bonchev–Trinajstić information content (AvgIpc) is 3.18. The average molecular weight is 417 g/mol. The van der Waals surface area contributed by atoms with Gasteiger partial charge in [0.15, 0.2) is 4.34 Å². The van der Waals surface area contributed by atoms with Gasteiger partial charge in [0, 0.05) is 4.88 Å². The van der Waals surface area contributed by atoms with E-state index in [0.29, 0.717) is 9.35 Å². The smallest absolute Gasteiger partial charge is 0.222 e. The van der Waals surface area contributed by atoms with Crippen LogP contribution in [-0.4, -0.2) is 26.2 Å². The number of nitrogens with two attached hydrogens (primary N) is 1. The summed E-state index contributed by atoms with van der Waals surface area (Å²) in [5, 5.41) is 20.3. The minimum Gasteiger partial charge on any atom is -0.510 e. The lowest BCUT2D eigenvalue weighted by Crippen LogP contribution is -2.13. The Kier molecular flexibility index (Phi) is 5.79. The molecule has 3 N–H and O–H groups in total. The maximum Gasteiger partial charge on any atom is 0.222 e. The molecule has 0 saturated carbocycles. The maximum absolute atomic E-state index is 11.1. The van der Waals surface area contributed by atoms with Crippen molar-refractivity contribution in [1.82, 2.24) is 9.97 Å². The Balaban J connectivity index is 1.86. The lowest BCUT2D eigenvalue weighted by Gasteiger charge is -2.09. The highest BCUT2D eigenvalue weighted by Crippen LogP contribution is 2.36. The fourth-order valence-electron chi connectivity index (χ4n) is 2.38. The molecular formula is C18H16N4O2S3. The van der Waals surface area contributed by atoms with Gasteiger partial charge in [-0.2, -0.15) is 5.26 Å². The minimum absolute atomic E-state index is 0.0362. The van der Waals surface area contributed by atoms with Crippen LogP contribution in [0.4, 0.5) is 0 Å². The Morgan fingerprint density at radius 2 is 2.11 bits per heavy atom. The number of nitriles is 1. The number of para-hydroxylation sites is 1. The van der Waals surface area contributed by atoms with Crippen molar-refractivity contribution in [2.75, 3.05) is 0 Å². The summed E-state index contributed by atoms with van der Waals surface area (Å²) in [7, 11) is 0. The summed E-state index contributed by atoms with van der Waals surface area (Å²) in [4.78, 5) is 20.8. The summed E-state index contributed by atoms with van der Waals surface area (Å²) >= 11 is 4.08. The van der Waals surface area contributed by atoms with Gasteiger partial charge < -0.3 is 10.8 Å². The van der Waals surface area contributed by atoms with Crippen molar-refractivity contribution in [2.45, 2.75) is 29.9 Å². The van der Waals surface area contributed by atoms with Gasteiger partial charge in [-0.3, -0.25) is 4.79 Å². The summed E-state index contributed by atoms with van der Waals surface area (Å²) in [6.07, 6.45) is 0.148. The number of carbonyl (C=O) groups excluding carboxylic acids is 1. The third kappa shape index (κ3) is 4.30. The summed E-state index contributed by atoms with van der Waals surface area (Å²) < 4.78 is 1.67. The Morgan fingerprint density at radius 3 is 2.78 bits per heavy atom. The van der Waals surface area contributed by atoms with E-state index in [9.17, 15) is 15.2 Å². The van der Waals surface area contributed by atoms with Crippen LogP contribution in [0, 0.1) is 18.3 Å². The number of allylic oxidation sites excluding steroid dienone is 1. The number of hydrogen-bond acceptors (Lipinski definition) is 8. The van der Waals surface area contributed by atoms with Crippen molar-refractivity contribution in [3.05, 3.63) is 45.6 Å². The minimum atomic E-state index is -0.406. The lowest BCUT2D eigenvalue weighted by molar-refractivity contribution is -0.117. The molecule has 0 bridgehead atoms. The molecule has 0 spiro atoms. The van der Waals surface area contributed by atoms with Crippen LogP contribution < -0.4 is 5.73 Å². The molecular weight excluding hydrogens is 400 g/mol. The number of carbonyl (C=O) groups is 1. The first-order valence-electron chi connectivity index (χ1n) is 7.99. The molecule has 2 aromatic heterocycles. The van der Waals surface area contributed by atoms with Gasteiger partial charge in [0.25, 0.3) is 0 Å². The van der Waals surface area contributed by atoms with Gasteiger partial charge in [-0.15, -0.1) is 22.7 Å². The summed E-state index contributed by atoms with van der Waals surface area (Å²) in [5.74, 6) is -0.442. The third-order valence-corrected chi connectivity index (χ3v) is 7.16. The summed E-state index contributed by atoms with van der Waals surface area (Å²) in [6, 6.07) is 9.67. The van der Waals surface area contributed by atoms with Crippen molar-refractivity contribution < 1.29 is 9.90 Å². The van der Waals surface area contributed by atoms with E-state index >= 15 is 0 Å². The first-order valence-corrected chi connectivity index (χ1v) is 10.5. The molecule has 0 aliphatic rings. The van der Waals surface area contributed by atoms with Gasteiger partial charge in [-0.05, 0) is 26.0 Å². The van der Waals surface area contributed by atoms with E-state index in [0.717, 1.165) is 20.8 Å². The monoisotopic (exact) mass is 416 g/mol. The number of aromatic nitrogens is 2. The molecule has 3 aromatic rings. The highest BCUT2D eigenvalue weighted by atomic mass is 32.2. The second-order valence-corrected chi connectivity index (χ2v) is 9.45. The van der Waals surface area contributed by atoms with Gasteiger partial charge >= 0.3 is 0 Å². The normalized spacial score (nSPS) is 13.2. The largest absolute Gasteiger partial charge is 0.510 e. The van der Waals surface area contributed by atoms with Crippen molar-refractivity contribution in [1.29, 1.82) is 5.26 Å². The molecule has 1 amide bonds. The molecule has 0 aliphatic carbocycles. The number of primary amides is 1. The Labute approximate surface area is 168 Å². The molecule has 6 nitrogen and oxygen atoms in total. The number of rotatable bonds is 6. The molecule has 1 unspecified atom stereocenters. The molecule has 9 heteroatoms.